The Bertz CT molecular complexity index is 725. The smallest absolute Gasteiger partial charge is 0.262 e. The van der Waals surface area contributed by atoms with Crippen LogP contribution in [0.15, 0.2) is 42.5 Å². The first-order valence-corrected chi connectivity index (χ1v) is 10.3. The molecule has 0 spiro atoms. The molecule has 28 heavy (non-hydrogen) atoms. The molecule has 0 atom stereocenters. The van der Waals surface area contributed by atoms with E-state index in [2.05, 4.69) is 12.2 Å². The van der Waals surface area contributed by atoms with Gasteiger partial charge in [0, 0.05) is 5.69 Å². The second-order valence-electron chi connectivity index (χ2n) is 7.24. The molecule has 0 unspecified atom stereocenters. The van der Waals surface area contributed by atoms with E-state index in [9.17, 15) is 4.79 Å². The molecule has 0 aliphatic rings. The lowest BCUT2D eigenvalue weighted by molar-refractivity contribution is -0.118. The highest BCUT2D eigenvalue weighted by Gasteiger charge is 2.06. The minimum atomic E-state index is -0.171. The zero-order chi connectivity index (χ0) is 20.2. The van der Waals surface area contributed by atoms with Gasteiger partial charge in [-0.05, 0) is 56.2 Å². The first-order valence-electron chi connectivity index (χ1n) is 10.3. The van der Waals surface area contributed by atoms with Crippen molar-refractivity contribution in [2.75, 3.05) is 18.5 Å². The van der Waals surface area contributed by atoms with Gasteiger partial charge in [-0.1, -0.05) is 56.7 Å². The monoisotopic (exact) mass is 383 g/mol. The maximum absolute atomic E-state index is 12.1. The standard InChI is InChI=1S/C24H33NO3/c1-4-5-6-7-8-9-16-27-21-11-13-22(14-12-21)28-18-24(26)25-23-15-10-19(2)17-20(23)3/h10-15,17H,4-9,16,18H2,1-3H3,(H,25,26). The van der Waals surface area contributed by atoms with Gasteiger partial charge in [0.05, 0.1) is 6.61 Å². The summed E-state index contributed by atoms with van der Waals surface area (Å²) in [5.74, 6) is 1.32. The van der Waals surface area contributed by atoms with Crippen LogP contribution in [0.2, 0.25) is 0 Å². The van der Waals surface area contributed by atoms with Gasteiger partial charge in [-0.15, -0.1) is 0 Å². The first-order chi connectivity index (χ1) is 13.6. The van der Waals surface area contributed by atoms with Crippen LogP contribution >= 0.6 is 0 Å². The molecule has 4 heteroatoms. The van der Waals surface area contributed by atoms with Crippen molar-refractivity contribution in [3.63, 3.8) is 0 Å². The topological polar surface area (TPSA) is 47.6 Å². The fourth-order valence-corrected chi connectivity index (χ4v) is 2.99. The summed E-state index contributed by atoms with van der Waals surface area (Å²) in [7, 11) is 0. The first kappa shape index (κ1) is 21.8. The summed E-state index contributed by atoms with van der Waals surface area (Å²) in [6.07, 6.45) is 7.51. The van der Waals surface area contributed by atoms with Crippen molar-refractivity contribution in [3.05, 3.63) is 53.6 Å². The van der Waals surface area contributed by atoms with Crippen LogP contribution in [0.5, 0.6) is 11.5 Å². The van der Waals surface area contributed by atoms with E-state index < -0.39 is 0 Å². The fourth-order valence-electron chi connectivity index (χ4n) is 2.99. The average Bonchev–Trinajstić information content (AvgIpc) is 2.69. The van der Waals surface area contributed by atoms with E-state index in [4.69, 9.17) is 9.47 Å². The van der Waals surface area contributed by atoms with Crippen LogP contribution < -0.4 is 14.8 Å². The Kier molecular flexibility index (Phi) is 9.40. The lowest BCUT2D eigenvalue weighted by atomic mass is 10.1. The van der Waals surface area contributed by atoms with Gasteiger partial charge >= 0.3 is 0 Å². The number of anilines is 1. The number of amides is 1. The highest BCUT2D eigenvalue weighted by molar-refractivity contribution is 5.92. The Morgan fingerprint density at radius 3 is 2.18 bits per heavy atom. The van der Waals surface area contributed by atoms with Crippen LogP contribution in [0.3, 0.4) is 0 Å². The van der Waals surface area contributed by atoms with Crippen molar-refractivity contribution in [1.82, 2.24) is 0 Å². The predicted molar refractivity (Wildman–Crippen MR) is 115 cm³/mol. The number of nitrogens with one attached hydrogen (secondary N) is 1. The summed E-state index contributed by atoms with van der Waals surface area (Å²) in [5.41, 5.74) is 3.03. The maximum Gasteiger partial charge on any atom is 0.262 e. The zero-order valence-electron chi connectivity index (χ0n) is 17.4. The van der Waals surface area contributed by atoms with Crippen molar-refractivity contribution in [3.8, 4) is 11.5 Å². The molecule has 0 saturated heterocycles. The van der Waals surface area contributed by atoms with Gasteiger partial charge in [0.1, 0.15) is 11.5 Å². The molecule has 1 amide bonds. The van der Waals surface area contributed by atoms with Crippen molar-refractivity contribution in [2.45, 2.75) is 59.3 Å². The normalized spacial score (nSPS) is 10.5. The number of rotatable bonds is 12. The minimum absolute atomic E-state index is 0.0225. The van der Waals surface area contributed by atoms with Crippen molar-refractivity contribution >= 4 is 11.6 Å². The van der Waals surface area contributed by atoms with Crippen LogP contribution in [0.1, 0.15) is 56.6 Å². The number of carbonyl (C=O) groups excluding carboxylic acids is 1. The van der Waals surface area contributed by atoms with Crippen LogP contribution in [0.4, 0.5) is 5.69 Å². The van der Waals surface area contributed by atoms with E-state index in [1.54, 1.807) is 0 Å². The summed E-state index contributed by atoms with van der Waals surface area (Å²) in [6.45, 7) is 6.96. The van der Waals surface area contributed by atoms with Crippen molar-refractivity contribution < 1.29 is 14.3 Å². The maximum atomic E-state index is 12.1. The minimum Gasteiger partial charge on any atom is -0.494 e. The number of unbranched alkanes of at least 4 members (excludes halogenated alkanes) is 5. The number of hydrogen-bond donors (Lipinski definition) is 1. The third-order valence-corrected chi connectivity index (χ3v) is 4.62. The predicted octanol–water partition coefficient (Wildman–Crippen LogP) is 6.06. The van der Waals surface area contributed by atoms with E-state index in [-0.39, 0.29) is 12.5 Å². The van der Waals surface area contributed by atoms with Crippen molar-refractivity contribution in [1.29, 1.82) is 0 Å². The molecule has 0 aliphatic carbocycles. The Labute approximate surface area is 169 Å². The summed E-state index contributed by atoms with van der Waals surface area (Å²) >= 11 is 0. The Morgan fingerprint density at radius 2 is 1.50 bits per heavy atom. The van der Waals surface area contributed by atoms with E-state index in [0.717, 1.165) is 30.0 Å². The molecule has 2 aromatic carbocycles. The SMILES string of the molecule is CCCCCCCCOc1ccc(OCC(=O)Nc2ccc(C)cc2C)cc1. The summed E-state index contributed by atoms with van der Waals surface area (Å²) in [6, 6.07) is 13.4. The molecule has 0 aliphatic heterocycles. The second kappa shape index (κ2) is 12.1. The highest BCUT2D eigenvalue weighted by Crippen LogP contribution is 2.19. The average molecular weight is 384 g/mol. The van der Waals surface area contributed by atoms with Gasteiger partial charge in [0.2, 0.25) is 0 Å². The summed E-state index contributed by atoms with van der Waals surface area (Å²) in [5, 5.41) is 2.88. The van der Waals surface area contributed by atoms with E-state index in [1.165, 1.54) is 37.7 Å². The second-order valence-corrected chi connectivity index (χ2v) is 7.24. The zero-order valence-corrected chi connectivity index (χ0v) is 17.4. The lowest BCUT2D eigenvalue weighted by Gasteiger charge is -2.11. The number of carbonyl (C=O) groups is 1. The summed E-state index contributed by atoms with van der Waals surface area (Å²) < 4.78 is 11.3. The Morgan fingerprint density at radius 1 is 0.857 bits per heavy atom. The molecule has 2 aromatic rings. The molecule has 0 aromatic heterocycles. The number of aryl methyl sites for hydroxylation is 2. The number of ether oxygens (including phenoxy) is 2. The van der Waals surface area contributed by atoms with E-state index in [1.807, 2.05) is 56.3 Å². The number of benzene rings is 2. The van der Waals surface area contributed by atoms with Crippen LogP contribution in [0, 0.1) is 13.8 Å². The molecule has 0 radical (unpaired) electrons. The van der Waals surface area contributed by atoms with E-state index in [0.29, 0.717) is 5.75 Å². The van der Waals surface area contributed by atoms with Crippen LogP contribution in [-0.2, 0) is 4.79 Å². The largest absolute Gasteiger partial charge is 0.494 e. The summed E-state index contributed by atoms with van der Waals surface area (Å²) in [4.78, 5) is 12.1. The lowest BCUT2D eigenvalue weighted by Crippen LogP contribution is -2.20. The molecule has 0 saturated carbocycles. The number of hydrogen-bond acceptors (Lipinski definition) is 3. The molecule has 0 bridgehead atoms. The Hall–Kier alpha value is -2.49. The van der Waals surface area contributed by atoms with Gasteiger partial charge in [-0.2, -0.15) is 0 Å². The van der Waals surface area contributed by atoms with Gasteiger partial charge in [0.15, 0.2) is 6.61 Å². The third kappa shape index (κ3) is 8.03. The van der Waals surface area contributed by atoms with Crippen LogP contribution in [-0.4, -0.2) is 19.1 Å². The molecule has 152 valence electrons. The quantitative estimate of drug-likeness (QED) is 0.453. The van der Waals surface area contributed by atoms with E-state index >= 15 is 0 Å². The van der Waals surface area contributed by atoms with Gasteiger partial charge < -0.3 is 14.8 Å². The van der Waals surface area contributed by atoms with Crippen molar-refractivity contribution in [2.24, 2.45) is 0 Å². The molecule has 4 nitrogen and oxygen atoms in total. The molecular formula is C24H33NO3. The molecule has 0 fully saturated rings. The molecule has 0 heterocycles. The van der Waals surface area contributed by atoms with Crippen LogP contribution in [0.25, 0.3) is 0 Å². The molecule has 2 rings (SSSR count). The van der Waals surface area contributed by atoms with Gasteiger partial charge in [-0.25, -0.2) is 0 Å². The Balaban J connectivity index is 1.67. The van der Waals surface area contributed by atoms with Gasteiger partial charge in [0.25, 0.3) is 5.91 Å². The fraction of sp³-hybridized carbons (Fsp3) is 0.458. The molecular weight excluding hydrogens is 350 g/mol. The molecule has 1 N–H and O–H groups in total. The highest BCUT2D eigenvalue weighted by atomic mass is 16.5. The third-order valence-electron chi connectivity index (χ3n) is 4.62. The van der Waals surface area contributed by atoms with Gasteiger partial charge in [-0.3, -0.25) is 4.79 Å².